The Morgan fingerprint density at radius 3 is 2.26 bits per heavy atom. The highest BCUT2D eigenvalue weighted by atomic mass is 35.5. The average Bonchev–Trinajstić information content (AvgIpc) is 2.78. The third-order valence-corrected chi connectivity index (χ3v) is 7.52. The van der Waals surface area contributed by atoms with Gasteiger partial charge in [-0.3, -0.25) is 13.9 Å². The molecule has 0 spiro atoms. The van der Waals surface area contributed by atoms with Crippen molar-refractivity contribution in [3.05, 3.63) is 63.6 Å². The highest BCUT2D eigenvalue weighted by Gasteiger charge is 2.32. The summed E-state index contributed by atoms with van der Waals surface area (Å²) in [6.45, 7) is 6.96. The summed E-state index contributed by atoms with van der Waals surface area (Å²) in [7, 11) is -3.82. The number of hydrogen-bond donors (Lipinski definition) is 1. The van der Waals surface area contributed by atoms with Gasteiger partial charge in [-0.05, 0) is 62.1 Å². The van der Waals surface area contributed by atoms with Gasteiger partial charge in [0.25, 0.3) is 0 Å². The lowest BCUT2D eigenvalue weighted by molar-refractivity contribution is -0.140. The number of halogens is 2. The molecular formula is C25H33Cl2N3O4S. The van der Waals surface area contributed by atoms with Gasteiger partial charge in [0.2, 0.25) is 21.8 Å². The molecule has 0 radical (unpaired) electrons. The van der Waals surface area contributed by atoms with E-state index in [1.807, 2.05) is 20.8 Å². The lowest BCUT2D eigenvalue weighted by atomic mass is 10.1. The van der Waals surface area contributed by atoms with Gasteiger partial charge >= 0.3 is 0 Å². The van der Waals surface area contributed by atoms with E-state index >= 15 is 0 Å². The van der Waals surface area contributed by atoms with Crippen LogP contribution in [0, 0.1) is 6.92 Å². The van der Waals surface area contributed by atoms with E-state index in [9.17, 15) is 18.0 Å². The molecule has 0 aliphatic carbocycles. The standard InChI is InChI=1S/C25H33Cl2N3O4S/c1-6-18(4)28-25(32)22(7-2)29(15-19-10-8-9-11-21(19)27)24(31)16-30(35(5,33)34)23-13-12-20(26)14-17(23)3/h8-14,18,22H,6-7,15-16H2,1-5H3,(H,28,32). The number of nitrogens with one attached hydrogen (secondary N) is 1. The van der Waals surface area contributed by atoms with Crippen molar-refractivity contribution < 1.29 is 18.0 Å². The molecule has 7 nitrogen and oxygen atoms in total. The number of carbonyl (C=O) groups is 2. The van der Waals surface area contributed by atoms with Crippen molar-refractivity contribution in [1.29, 1.82) is 0 Å². The summed E-state index contributed by atoms with van der Waals surface area (Å²) >= 11 is 12.4. The van der Waals surface area contributed by atoms with Crippen molar-refractivity contribution in [3.63, 3.8) is 0 Å². The first kappa shape index (κ1) is 28.9. The minimum atomic E-state index is -3.82. The summed E-state index contributed by atoms with van der Waals surface area (Å²) in [5.74, 6) is -0.813. The number of hydrogen-bond acceptors (Lipinski definition) is 4. The third kappa shape index (κ3) is 7.85. The molecule has 35 heavy (non-hydrogen) atoms. The van der Waals surface area contributed by atoms with E-state index in [4.69, 9.17) is 23.2 Å². The lowest BCUT2D eigenvalue weighted by Crippen LogP contribution is -2.53. The van der Waals surface area contributed by atoms with Crippen LogP contribution in [-0.2, 0) is 26.2 Å². The minimum absolute atomic E-state index is 0.0577. The van der Waals surface area contributed by atoms with Gasteiger partial charge in [0, 0.05) is 22.6 Å². The molecule has 0 fully saturated rings. The number of amides is 2. The fourth-order valence-corrected chi connectivity index (χ4v) is 4.99. The van der Waals surface area contributed by atoms with E-state index in [2.05, 4.69) is 5.32 Å². The highest BCUT2D eigenvalue weighted by molar-refractivity contribution is 7.92. The van der Waals surface area contributed by atoms with Crippen molar-refractivity contribution >= 4 is 50.7 Å². The van der Waals surface area contributed by atoms with Crippen LogP contribution in [0.4, 0.5) is 5.69 Å². The second kappa shape index (κ2) is 12.6. The Morgan fingerprint density at radius 2 is 1.71 bits per heavy atom. The highest BCUT2D eigenvalue weighted by Crippen LogP contribution is 2.27. The average molecular weight is 543 g/mol. The monoisotopic (exact) mass is 541 g/mol. The van der Waals surface area contributed by atoms with Crippen LogP contribution in [0.15, 0.2) is 42.5 Å². The molecule has 0 bridgehead atoms. The zero-order valence-corrected chi connectivity index (χ0v) is 23.0. The molecule has 2 aromatic rings. The largest absolute Gasteiger partial charge is 0.352 e. The molecule has 10 heteroatoms. The van der Waals surface area contributed by atoms with Crippen LogP contribution in [0.2, 0.25) is 10.0 Å². The van der Waals surface area contributed by atoms with E-state index in [1.165, 1.54) is 4.90 Å². The van der Waals surface area contributed by atoms with Gasteiger partial charge in [-0.2, -0.15) is 0 Å². The first-order valence-electron chi connectivity index (χ1n) is 11.5. The summed E-state index contributed by atoms with van der Waals surface area (Å²) in [5, 5.41) is 3.85. The molecule has 1 N–H and O–H groups in total. The Hall–Kier alpha value is -2.29. The Bertz CT molecular complexity index is 1160. The Kier molecular flexibility index (Phi) is 10.4. The second-order valence-electron chi connectivity index (χ2n) is 8.56. The predicted octanol–water partition coefficient (Wildman–Crippen LogP) is 4.79. The second-order valence-corrected chi connectivity index (χ2v) is 11.3. The number of benzene rings is 2. The van der Waals surface area contributed by atoms with Crippen molar-refractivity contribution in [2.24, 2.45) is 0 Å². The molecule has 0 heterocycles. The predicted molar refractivity (Wildman–Crippen MR) is 142 cm³/mol. The molecule has 0 aliphatic heterocycles. The zero-order chi connectivity index (χ0) is 26.3. The zero-order valence-electron chi connectivity index (χ0n) is 20.7. The quantitative estimate of drug-likeness (QED) is 0.443. The summed E-state index contributed by atoms with van der Waals surface area (Å²) in [6, 6.07) is 11.0. The molecule has 0 saturated heterocycles. The fraction of sp³-hybridized carbons (Fsp3) is 0.440. The topological polar surface area (TPSA) is 86.8 Å². The van der Waals surface area contributed by atoms with Gasteiger partial charge in [-0.15, -0.1) is 0 Å². The Morgan fingerprint density at radius 1 is 1.06 bits per heavy atom. The number of nitrogens with zero attached hydrogens (tertiary/aromatic N) is 2. The van der Waals surface area contributed by atoms with Crippen LogP contribution in [-0.4, -0.2) is 50.0 Å². The van der Waals surface area contributed by atoms with Crippen LogP contribution in [0.25, 0.3) is 0 Å². The smallest absolute Gasteiger partial charge is 0.244 e. The maximum Gasteiger partial charge on any atom is 0.244 e. The summed E-state index contributed by atoms with van der Waals surface area (Å²) in [6.07, 6.45) is 2.12. The molecule has 192 valence electrons. The van der Waals surface area contributed by atoms with E-state index in [0.29, 0.717) is 33.3 Å². The van der Waals surface area contributed by atoms with Crippen LogP contribution in [0.5, 0.6) is 0 Å². The van der Waals surface area contributed by atoms with Crippen molar-refractivity contribution in [2.45, 2.75) is 59.2 Å². The maximum atomic E-state index is 13.7. The van der Waals surface area contributed by atoms with E-state index in [-0.39, 0.29) is 18.5 Å². The van der Waals surface area contributed by atoms with Crippen molar-refractivity contribution in [1.82, 2.24) is 10.2 Å². The van der Waals surface area contributed by atoms with Crippen LogP contribution in [0.1, 0.15) is 44.7 Å². The van der Waals surface area contributed by atoms with E-state index in [0.717, 1.165) is 17.0 Å². The molecular weight excluding hydrogens is 509 g/mol. The number of aryl methyl sites for hydroxylation is 1. The molecule has 2 rings (SSSR count). The fourth-order valence-electron chi connectivity index (χ4n) is 3.66. The summed E-state index contributed by atoms with van der Waals surface area (Å²) < 4.78 is 26.5. The number of sulfonamides is 1. The van der Waals surface area contributed by atoms with Crippen LogP contribution >= 0.6 is 23.2 Å². The van der Waals surface area contributed by atoms with Crippen molar-refractivity contribution in [2.75, 3.05) is 17.1 Å². The summed E-state index contributed by atoms with van der Waals surface area (Å²) in [5.41, 5.74) is 1.61. The van der Waals surface area contributed by atoms with Gasteiger partial charge < -0.3 is 10.2 Å². The Balaban J connectivity index is 2.49. The van der Waals surface area contributed by atoms with E-state index < -0.39 is 28.5 Å². The van der Waals surface area contributed by atoms with Crippen LogP contribution < -0.4 is 9.62 Å². The van der Waals surface area contributed by atoms with Gasteiger partial charge in [-0.25, -0.2) is 8.42 Å². The van der Waals surface area contributed by atoms with Crippen molar-refractivity contribution in [3.8, 4) is 0 Å². The van der Waals surface area contributed by atoms with Gasteiger partial charge in [0.05, 0.1) is 11.9 Å². The molecule has 2 aromatic carbocycles. The number of anilines is 1. The molecule has 2 unspecified atom stereocenters. The van der Waals surface area contributed by atoms with Gasteiger partial charge in [0.15, 0.2) is 0 Å². The molecule has 0 aliphatic rings. The van der Waals surface area contributed by atoms with E-state index in [1.54, 1.807) is 49.4 Å². The number of carbonyl (C=O) groups excluding carboxylic acids is 2. The minimum Gasteiger partial charge on any atom is -0.352 e. The normalized spacial score (nSPS) is 13.1. The lowest BCUT2D eigenvalue weighted by Gasteiger charge is -2.33. The van der Waals surface area contributed by atoms with Crippen LogP contribution in [0.3, 0.4) is 0 Å². The first-order chi connectivity index (χ1) is 16.4. The Labute approximate surface area is 218 Å². The summed E-state index contributed by atoms with van der Waals surface area (Å²) in [4.78, 5) is 28.2. The number of rotatable bonds is 11. The molecule has 0 saturated carbocycles. The third-order valence-electron chi connectivity index (χ3n) is 5.79. The first-order valence-corrected chi connectivity index (χ1v) is 14.1. The SMILES string of the molecule is CCC(C)NC(=O)C(CC)N(Cc1ccccc1Cl)C(=O)CN(c1ccc(Cl)cc1C)S(C)(=O)=O. The van der Waals surface area contributed by atoms with Gasteiger partial charge in [-0.1, -0.05) is 55.2 Å². The molecule has 2 atom stereocenters. The maximum absolute atomic E-state index is 13.7. The molecule has 0 aromatic heterocycles. The molecule has 2 amide bonds. The van der Waals surface area contributed by atoms with Gasteiger partial charge in [0.1, 0.15) is 12.6 Å².